The smallest absolute Gasteiger partial charge is 0.323 e. The number of piperidine rings is 2. The predicted molar refractivity (Wildman–Crippen MR) is 80.3 cm³/mol. The van der Waals surface area contributed by atoms with E-state index in [1.54, 1.807) is 0 Å². The minimum absolute atomic E-state index is 0.128. The summed E-state index contributed by atoms with van der Waals surface area (Å²) in [6.45, 7) is 5.93. The van der Waals surface area contributed by atoms with Gasteiger partial charge in [0.25, 0.3) is 0 Å². The van der Waals surface area contributed by atoms with Crippen LogP contribution < -0.4 is 0 Å². The molecule has 6 nitrogen and oxygen atoms in total. The molecule has 0 saturated carbocycles. The van der Waals surface area contributed by atoms with Crippen molar-refractivity contribution < 1.29 is 14.7 Å². The Labute approximate surface area is 126 Å². The molecular formula is C15H27N3O3. The molecular weight excluding hydrogens is 270 g/mol. The zero-order valence-electron chi connectivity index (χ0n) is 13.0. The van der Waals surface area contributed by atoms with E-state index in [0.717, 1.165) is 25.9 Å². The van der Waals surface area contributed by atoms with E-state index < -0.39 is 5.97 Å². The molecule has 2 amide bonds. The van der Waals surface area contributed by atoms with Gasteiger partial charge in [0, 0.05) is 25.7 Å². The molecule has 0 atom stereocenters. The van der Waals surface area contributed by atoms with Crippen molar-refractivity contribution in [3.63, 3.8) is 0 Å². The molecule has 2 aliphatic heterocycles. The monoisotopic (exact) mass is 297 g/mol. The van der Waals surface area contributed by atoms with Gasteiger partial charge < -0.3 is 19.8 Å². The highest BCUT2D eigenvalue weighted by Gasteiger charge is 2.29. The fraction of sp³-hybridized carbons (Fsp3) is 0.867. The molecule has 0 aromatic rings. The zero-order chi connectivity index (χ0) is 15.2. The third kappa shape index (κ3) is 4.33. The molecule has 2 aliphatic rings. The SMILES string of the molecule is CCN(CC(=O)O)C(=O)N1CCC(N2CCCCC2)CC1. The van der Waals surface area contributed by atoms with Gasteiger partial charge in [0.05, 0.1) is 0 Å². The average molecular weight is 297 g/mol. The number of carbonyl (C=O) groups excluding carboxylic acids is 1. The number of likely N-dealkylation sites (tertiary alicyclic amines) is 2. The summed E-state index contributed by atoms with van der Waals surface area (Å²) in [5, 5.41) is 8.86. The molecule has 21 heavy (non-hydrogen) atoms. The third-order valence-electron chi connectivity index (χ3n) is 4.62. The molecule has 0 bridgehead atoms. The van der Waals surface area contributed by atoms with Crippen molar-refractivity contribution in [2.75, 3.05) is 39.3 Å². The van der Waals surface area contributed by atoms with Crippen LogP contribution in [0.3, 0.4) is 0 Å². The van der Waals surface area contributed by atoms with E-state index in [0.29, 0.717) is 12.6 Å². The maximum Gasteiger partial charge on any atom is 0.323 e. The number of amides is 2. The van der Waals surface area contributed by atoms with Gasteiger partial charge >= 0.3 is 12.0 Å². The first-order valence-corrected chi connectivity index (χ1v) is 8.11. The first-order valence-electron chi connectivity index (χ1n) is 8.11. The molecule has 0 unspecified atom stereocenters. The molecule has 0 aromatic heterocycles. The number of carboxylic acids is 1. The summed E-state index contributed by atoms with van der Waals surface area (Å²) in [6.07, 6.45) is 5.95. The number of hydrogen-bond acceptors (Lipinski definition) is 3. The molecule has 2 heterocycles. The van der Waals surface area contributed by atoms with E-state index in [-0.39, 0.29) is 12.6 Å². The van der Waals surface area contributed by atoms with Crippen LogP contribution in [0.5, 0.6) is 0 Å². The van der Waals surface area contributed by atoms with Crippen molar-refractivity contribution >= 4 is 12.0 Å². The molecule has 2 saturated heterocycles. The van der Waals surface area contributed by atoms with Crippen LogP contribution in [0.1, 0.15) is 39.0 Å². The van der Waals surface area contributed by atoms with Gasteiger partial charge in [-0.25, -0.2) is 4.79 Å². The minimum atomic E-state index is -0.951. The van der Waals surface area contributed by atoms with Crippen LogP contribution in [0, 0.1) is 0 Å². The lowest BCUT2D eigenvalue weighted by molar-refractivity contribution is -0.137. The van der Waals surface area contributed by atoms with Gasteiger partial charge in [0.2, 0.25) is 0 Å². The zero-order valence-corrected chi connectivity index (χ0v) is 13.0. The van der Waals surface area contributed by atoms with Gasteiger partial charge in [-0.3, -0.25) is 4.79 Å². The molecule has 6 heteroatoms. The van der Waals surface area contributed by atoms with Crippen LogP contribution in [-0.2, 0) is 4.79 Å². The maximum atomic E-state index is 12.3. The van der Waals surface area contributed by atoms with Crippen molar-refractivity contribution in [1.29, 1.82) is 0 Å². The van der Waals surface area contributed by atoms with Crippen molar-refractivity contribution in [1.82, 2.24) is 14.7 Å². The number of likely N-dealkylation sites (N-methyl/N-ethyl adjacent to an activating group) is 1. The second kappa shape index (κ2) is 7.64. The van der Waals surface area contributed by atoms with Crippen LogP contribution in [0.25, 0.3) is 0 Å². The lowest BCUT2D eigenvalue weighted by Gasteiger charge is -2.41. The van der Waals surface area contributed by atoms with Gasteiger partial charge in [-0.2, -0.15) is 0 Å². The first-order chi connectivity index (χ1) is 10.1. The van der Waals surface area contributed by atoms with E-state index in [1.807, 2.05) is 11.8 Å². The molecule has 0 spiro atoms. The van der Waals surface area contributed by atoms with Crippen molar-refractivity contribution in [2.24, 2.45) is 0 Å². The topological polar surface area (TPSA) is 64.1 Å². The van der Waals surface area contributed by atoms with E-state index in [1.165, 1.54) is 37.3 Å². The molecule has 0 aliphatic carbocycles. The molecule has 0 aromatic carbocycles. The van der Waals surface area contributed by atoms with Crippen LogP contribution in [0.4, 0.5) is 4.79 Å². The van der Waals surface area contributed by atoms with Crippen molar-refractivity contribution in [3.05, 3.63) is 0 Å². The van der Waals surface area contributed by atoms with Crippen molar-refractivity contribution in [3.8, 4) is 0 Å². The third-order valence-corrected chi connectivity index (χ3v) is 4.62. The Morgan fingerprint density at radius 2 is 1.71 bits per heavy atom. The molecule has 2 fully saturated rings. The normalized spacial score (nSPS) is 21.3. The highest BCUT2D eigenvalue weighted by Crippen LogP contribution is 2.21. The number of hydrogen-bond donors (Lipinski definition) is 1. The Hall–Kier alpha value is -1.30. The standard InChI is InChI=1S/C15H27N3O3/c1-2-16(12-14(19)20)15(21)18-10-6-13(7-11-18)17-8-4-3-5-9-17/h13H,2-12H2,1H3,(H,19,20). The Bertz CT molecular complexity index is 361. The lowest BCUT2D eigenvalue weighted by Crippen LogP contribution is -2.52. The fourth-order valence-electron chi connectivity index (χ4n) is 3.38. The Morgan fingerprint density at radius 3 is 2.24 bits per heavy atom. The highest BCUT2D eigenvalue weighted by atomic mass is 16.4. The highest BCUT2D eigenvalue weighted by molar-refractivity contribution is 5.80. The van der Waals surface area contributed by atoms with Crippen LogP contribution in [0.15, 0.2) is 0 Å². The molecule has 120 valence electrons. The van der Waals surface area contributed by atoms with Gasteiger partial charge in [0.1, 0.15) is 6.54 Å². The van der Waals surface area contributed by atoms with Gasteiger partial charge in [-0.1, -0.05) is 6.42 Å². The Kier molecular flexibility index (Phi) is 5.85. The summed E-state index contributed by atoms with van der Waals surface area (Å²) < 4.78 is 0. The molecule has 2 rings (SSSR count). The first kappa shape index (κ1) is 16.1. The summed E-state index contributed by atoms with van der Waals surface area (Å²) in [5.41, 5.74) is 0. The van der Waals surface area contributed by atoms with E-state index in [4.69, 9.17) is 5.11 Å². The summed E-state index contributed by atoms with van der Waals surface area (Å²) >= 11 is 0. The molecule has 0 radical (unpaired) electrons. The summed E-state index contributed by atoms with van der Waals surface area (Å²) in [4.78, 5) is 28.9. The largest absolute Gasteiger partial charge is 0.480 e. The predicted octanol–water partition coefficient (Wildman–Crippen LogP) is 1.46. The van der Waals surface area contributed by atoms with E-state index in [9.17, 15) is 9.59 Å². The minimum Gasteiger partial charge on any atom is -0.480 e. The quantitative estimate of drug-likeness (QED) is 0.853. The second-order valence-electron chi connectivity index (χ2n) is 6.01. The van der Waals surface area contributed by atoms with E-state index in [2.05, 4.69) is 4.90 Å². The maximum absolute atomic E-state index is 12.3. The van der Waals surface area contributed by atoms with Gasteiger partial charge in [0.15, 0.2) is 0 Å². The van der Waals surface area contributed by atoms with E-state index >= 15 is 0 Å². The summed E-state index contributed by atoms with van der Waals surface area (Å²) in [5.74, 6) is -0.951. The average Bonchev–Trinajstić information content (AvgIpc) is 2.53. The van der Waals surface area contributed by atoms with Gasteiger partial charge in [-0.05, 0) is 45.7 Å². The Morgan fingerprint density at radius 1 is 1.10 bits per heavy atom. The fourth-order valence-corrected chi connectivity index (χ4v) is 3.38. The number of rotatable bonds is 4. The Balaban J connectivity index is 1.81. The van der Waals surface area contributed by atoms with Crippen LogP contribution in [-0.4, -0.2) is 77.1 Å². The van der Waals surface area contributed by atoms with Gasteiger partial charge in [-0.15, -0.1) is 0 Å². The lowest BCUT2D eigenvalue weighted by atomic mass is 10.00. The van der Waals surface area contributed by atoms with Crippen LogP contribution in [0.2, 0.25) is 0 Å². The summed E-state index contributed by atoms with van der Waals surface area (Å²) in [7, 11) is 0. The second-order valence-corrected chi connectivity index (χ2v) is 6.01. The van der Waals surface area contributed by atoms with Crippen molar-refractivity contribution in [2.45, 2.75) is 45.1 Å². The number of carbonyl (C=O) groups is 2. The van der Waals surface area contributed by atoms with Crippen LogP contribution >= 0.6 is 0 Å². The number of urea groups is 1. The number of nitrogens with zero attached hydrogens (tertiary/aromatic N) is 3. The number of carboxylic acid groups (broad SMARTS) is 1. The number of aliphatic carboxylic acids is 1. The summed E-state index contributed by atoms with van der Waals surface area (Å²) in [6, 6.07) is 0.473. The molecule has 1 N–H and O–H groups in total.